The molecular weight excluding hydrogens is 320 g/mol. The highest BCUT2D eigenvalue weighted by Crippen LogP contribution is 2.24. The van der Waals surface area contributed by atoms with Crippen molar-refractivity contribution in [1.82, 2.24) is 20.4 Å². The summed E-state index contributed by atoms with van der Waals surface area (Å²) in [5.74, 6) is 0.564. The molecule has 6 heteroatoms. The first-order chi connectivity index (χ1) is 9.69. The van der Waals surface area contributed by atoms with Crippen molar-refractivity contribution >= 4 is 32.7 Å². The van der Waals surface area contributed by atoms with Crippen LogP contribution >= 0.6 is 15.9 Å². The molecule has 2 aromatic rings. The molecular formula is C14H17BrN4O. The average molecular weight is 337 g/mol. The second kappa shape index (κ2) is 5.54. The molecule has 1 atom stereocenters. The number of H-pyrrole nitrogens is 1. The number of likely N-dealkylation sites (tertiary alicyclic amines) is 1. The molecule has 106 valence electrons. The summed E-state index contributed by atoms with van der Waals surface area (Å²) in [6.45, 7) is 2.58. The number of benzene rings is 1. The van der Waals surface area contributed by atoms with E-state index in [4.69, 9.17) is 0 Å². The van der Waals surface area contributed by atoms with E-state index < -0.39 is 0 Å². The Morgan fingerprint density at radius 1 is 1.60 bits per heavy atom. The van der Waals surface area contributed by atoms with Crippen LogP contribution in [0.4, 0.5) is 0 Å². The first-order valence-electron chi connectivity index (χ1n) is 6.76. The predicted octanol–water partition coefficient (Wildman–Crippen LogP) is 2.01. The van der Waals surface area contributed by atoms with Crippen LogP contribution in [0, 0.1) is 5.92 Å². The molecule has 2 N–H and O–H groups in total. The molecule has 1 unspecified atom stereocenters. The molecule has 0 aliphatic carbocycles. The molecule has 0 spiro atoms. The first-order valence-corrected chi connectivity index (χ1v) is 7.56. The van der Waals surface area contributed by atoms with Gasteiger partial charge in [0, 0.05) is 22.9 Å². The summed E-state index contributed by atoms with van der Waals surface area (Å²) in [6, 6.07) is 5.80. The van der Waals surface area contributed by atoms with E-state index in [1.807, 2.05) is 30.1 Å². The van der Waals surface area contributed by atoms with Crippen molar-refractivity contribution in [2.45, 2.75) is 6.42 Å². The van der Waals surface area contributed by atoms with Crippen molar-refractivity contribution in [3.8, 4) is 0 Å². The van der Waals surface area contributed by atoms with Gasteiger partial charge in [-0.15, -0.1) is 0 Å². The lowest BCUT2D eigenvalue weighted by Gasteiger charge is -2.15. The number of nitrogens with zero attached hydrogens (tertiary/aromatic N) is 2. The molecule has 1 aromatic carbocycles. The number of halogens is 1. The van der Waals surface area contributed by atoms with E-state index in [0.717, 1.165) is 41.4 Å². The van der Waals surface area contributed by atoms with Crippen LogP contribution < -0.4 is 5.32 Å². The highest BCUT2D eigenvalue weighted by molar-refractivity contribution is 9.10. The maximum atomic E-state index is 12.6. The van der Waals surface area contributed by atoms with E-state index >= 15 is 0 Å². The SMILES string of the molecule is CNCC1CCN(C(=O)c2n[nH]c3ccc(Br)cc23)C1. The van der Waals surface area contributed by atoms with Crippen LogP contribution in [0.5, 0.6) is 0 Å². The molecule has 1 aromatic heterocycles. The van der Waals surface area contributed by atoms with Crippen molar-refractivity contribution in [2.75, 3.05) is 26.7 Å². The van der Waals surface area contributed by atoms with Crippen molar-refractivity contribution in [1.29, 1.82) is 0 Å². The van der Waals surface area contributed by atoms with E-state index in [1.165, 1.54) is 0 Å². The highest BCUT2D eigenvalue weighted by Gasteiger charge is 2.28. The number of carbonyl (C=O) groups excluding carboxylic acids is 1. The summed E-state index contributed by atoms with van der Waals surface area (Å²) < 4.78 is 0.954. The van der Waals surface area contributed by atoms with Gasteiger partial charge >= 0.3 is 0 Å². The Kier molecular flexibility index (Phi) is 3.76. The lowest BCUT2D eigenvalue weighted by Crippen LogP contribution is -2.30. The zero-order valence-electron chi connectivity index (χ0n) is 11.3. The van der Waals surface area contributed by atoms with Gasteiger partial charge in [-0.1, -0.05) is 15.9 Å². The van der Waals surface area contributed by atoms with Crippen molar-refractivity contribution in [3.63, 3.8) is 0 Å². The third-order valence-corrected chi connectivity index (χ3v) is 4.29. The van der Waals surface area contributed by atoms with Crippen LogP contribution in [-0.2, 0) is 0 Å². The molecule has 0 radical (unpaired) electrons. The molecule has 1 fully saturated rings. The Morgan fingerprint density at radius 3 is 3.25 bits per heavy atom. The number of rotatable bonds is 3. The number of hydrogen-bond acceptors (Lipinski definition) is 3. The smallest absolute Gasteiger partial charge is 0.275 e. The lowest BCUT2D eigenvalue weighted by molar-refractivity contribution is 0.0783. The van der Waals surface area contributed by atoms with Crippen LogP contribution in [0.1, 0.15) is 16.9 Å². The quantitative estimate of drug-likeness (QED) is 0.901. The first kappa shape index (κ1) is 13.6. The van der Waals surface area contributed by atoms with Gasteiger partial charge in [0.25, 0.3) is 5.91 Å². The summed E-state index contributed by atoms with van der Waals surface area (Å²) in [5, 5.41) is 11.2. The standard InChI is InChI=1S/C14H17BrN4O/c1-16-7-9-4-5-19(8-9)14(20)13-11-6-10(15)2-3-12(11)17-18-13/h2-3,6,9,16H,4-5,7-8H2,1H3,(H,17,18). The van der Waals surface area contributed by atoms with Crippen LogP contribution in [0.3, 0.4) is 0 Å². The van der Waals surface area contributed by atoms with Gasteiger partial charge in [-0.3, -0.25) is 9.89 Å². The summed E-state index contributed by atoms with van der Waals surface area (Å²) in [7, 11) is 1.95. The van der Waals surface area contributed by atoms with Crippen LogP contribution in [0.15, 0.2) is 22.7 Å². The number of aromatic nitrogens is 2. The zero-order chi connectivity index (χ0) is 14.1. The van der Waals surface area contributed by atoms with E-state index in [9.17, 15) is 4.79 Å². The minimum Gasteiger partial charge on any atom is -0.337 e. The third kappa shape index (κ3) is 2.45. The Balaban J connectivity index is 1.84. The lowest BCUT2D eigenvalue weighted by atomic mass is 10.1. The van der Waals surface area contributed by atoms with Crippen molar-refractivity contribution in [2.24, 2.45) is 5.92 Å². The predicted molar refractivity (Wildman–Crippen MR) is 81.7 cm³/mol. The molecule has 2 heterocycles. The molecule has 3 rings (SSSR count). The molecule has 0 saturated carbocycles. The minimum absolute atomic E-state index is 0.0213. The molecule has 1 aliphatic rings. The number of hydrogen-bond donors (Lipinski definition) is 2. The normalized spacial score (nSPS) is 18.9. The number of nitrogens with one attached hydrogen (secondary N) is 2. The van der Waals surface area contributed by atoms with E-state index in [2.05, 4.69) is 31.4 Å². The maximum absolute atomic E-state index is 12.6. The second-order valence-corrected chi connectivity index (χ2v) is 6.14. The summed E-state index contributed by atoms with van der Waals surface area (Å²) in [6.07, 6.45) is 1.05. The van der Waals surface area contributed by atoms with Crippen LogP contribution in [0.25, 0.3) is 10.9 Å². The Labute approximate surface area is 125 Å². The zero-order valence-corrected chi connectivity index (χ0v) is 12.9. The summed E-state index contributed by atoms with van der Waals surface area (Å²) in [5.41, 5.74) is 1.41. The summed E-state index contributed by atoms with van der Waals surface area (Å²) in [4.78, 5) is 14.5. The fourth-order valence-electron chi connectivity index (χ4n) is 2.77. The molecule has 20 heavy (non-hydrogen) atoms. The van der Waals surface area contributed by atoms with Crippen molar-refractivity contribution < 1.29 is 4.79 Å². The second-order valence-electron chi connectivity index (χ2n) is 5.23. The van der Waals surface area contributed by atoms with E-state index in [1.54, 1.807) is 0 Å². The van der Waals surface area contributed by atoms with Gasteiger partial charge in [0.05, 0.1) is 5.52 Å². The fourth-order valence-corrected chi connectivity index (χ4v) is 3.13. The van der Waals surface area contributed by atoms with E-state index in [-0.39, 0.29) is 5.91 Å². The topological polar surface area (TPSA) is 61.0 Å². The van der Waals surface area contributed by atoms with Gasteiger partial charge in [-0.2, -0.15) is 5.10 Å². The number of carbonyl (C=O) groups is 1. The van der Waals surface area contributed by atoms with Gasteiger partial charge in [-0.05, 0) is 44.1 Å². The molecule has 1 amide bonds. The number of fused-ring (bicyclic) bond motifs is 1. The minimum atomic E-state index is 0.0213. The third-order valence-electron chi connectivity index (χ3n) is 3.79. The average Bonchev–Trinajstić information content (AvgIpc) is 3.05. The van der Waals surface area contributed by atoms with E-state index in [0.29, 0.717) is 11.6 Å². The maximum Gasteiger partial charge on any atom is 0.275 e. The Hall–Kier alpha value is -1.40. The summed E-state index contributed by atoms with van der Waals surface area (Å²) >= 11 is 3.44. The monoisotopic (exact) mass is 336 g/mol. The number of amides is 1. The molecule has 0 bridgehead atoms. The van der Waals surface area contributed by atoms with Gasteiger partial charge in [0.1, 0.15) is 0 Å². The Bertz CT molecular complexity index is 639. The van der Waals surface area contributed by atoms with Gasteiger partial charge in [0.15, 0.2) is 5.69 Å². The largest absolute Gasteiger partial charge is 0.337 e. The van der Waals surface area contributed by atoms with Crippen LogP contribution in [0.2, 0.25) is 0 Å². The Morgan fingerprint density at radius 2 is 2.45 bits per heavy atom. The van der Waals surface area contributed by atoms with Crippen LogP contribution in [-0.4, -0.2) is 47.7 Å². The fraction of sp³-hybridized carbons (Fsp3) is 0.429. The molecule has 5 nitrogen and oxygen atoms in total. The van der Waals surface area contributed by atoms with Gasteiger partial charge in [-0.25, -0.2) is 0 Å². The molecule has 1 saturated heterocycles. The van der Waals surface area contributed by atoms with Gasteiger partial charge < -0.3 is 10.2 Å². The van der Waals surface area contributed by atoms with Crippen molar-refractivity contribution in [3.05, 3.63) is 28.4 Å². The molecule has 1 aliphatic heterocycles. The van der Waals surface area contributed by atoms with Gasteiger partial charge in [0.2, 0.25) is 0 Å². The number of aromatic amines is 1. The highest BCUT2D eigenvalue weighted by atomic mass is 79.9.